The molecule has 0 spiro atoms. The molecule has 0 radical (unpaired) electrons. The Kier molecular flexibility index (Phi) is 6.41. The first kappa shape index (κ1) is 31.4. The zero-order chi connectivity index (χ0) is 37.9. The standard InChI is InChI=1S/C54H31NO3/c1-2-11-36(12-3-1)55-46-17-7-4-15-40(46)53-39(16-10-18-47(53)55)44-30-35(34-23-25-51-42(29-34)38-14-6-9-20-49(38)57-51)31-45-43-28-33(22-26-52(43)58-54(44)45)32-21-24-50-41(27-32)37-13-5-8-19-48(37)56-50/h1-31H. The summed E-state index contributed by atoms with van der Waals surface area (Å²) in [6.45, 7) is 0. The van der Waals surface area contributed by atoms with Crippen molar-refractivity contribution in [2.24, 2.45) is 0 Å². The maximum atomic E-state index is 6.97. The van der Waals surface area contributed by atoms with E-state index >= 15 is 0 Å². The number of benzene rings is 9. The van der Waals surface area contributed by atoms with Crippen LogP contribution in [-0.4, -0.2) is 4.57 Å². The summed E-state index contributed by atoms with van der Waals surface area (Å²) < 4.78 is 21.8. The third-order valence-electron chi connectivity index (χ3n) is 12.0. The van der Waals surface area contributed by atoms with Crippen LogP contribution in [0.4, 0.5) is 0 Å². The van der Waals surface area contributed by atoms with Crippen molar-refractivity contribution in [1.29, 1.82) is 0 Å². The molecule has 0 amide bonds. The average Bonchev–Trinajstić information content (AvgIpc) is 4.04. The second-order valence-corrected chi connectivity index (χ2v) is 15.2. The van der Waals surface area contributed by atoms with Gasteiger partial charge < -0.3 is 17.8 Å². The summed E-state index contributed by atoms with van der Waals surface area (Å²) >= 11 is 0. The van der Waals surface area contributed by atoms with Gasteiger partial charge in [-0.3, -0.25) is 0 Å². The monoisotopic (exact) mass is 741 g/mol. The van der Waals surface area contributed by atoms with E-state index in [1.54, 1.807) is 0 Å². The van der Waals surface area contributed by atoms with Crippen LogP contribution in [0.1, 0.15) is 0 Å². The van der Waals surface area contributed by atoms with Gasteiger partial charge in [0.1, 0.15) is 33.5 Å². The molecule has 4 aromatic heterocycles. The fraction of sp³-hybridized carbons (Fsp3) is 0. The van der Waals surface area contributed by atoms with E-state index in [0.717, 1.165) is 116 Å². The van der Waals surface area contributed by atoms with E-state index in [4.69, 9.17) is 13.3 Å². The van der Waals surface area contributed by atoms with E-state index in [0.29, 0.717) is 0 Å². The van der Waals surface area contributed by atoms with Gasteiger partial charge in [0.05, 0.1) is 11.0 Å². The Hall–Kier alpha value is -7.82. The van der Waals surface area contributed by atoms with Crippen molar-refractivity contribution < 1.29 is 13.3 Å². The first-order valence-corrected chi connectivity index (χ1v) is 19.7. The molecule has 4 nitrogen and oxygen atoms in total. The number of fused-ring (bicyclic) bond motifs is 12. The van der Waals surface area contributed by atoms with Gasteiger partial charge in [-0.05, 0) is 113 Å². The Balaban J connectivity index is 1.09. The summed E-state index contributed by atoms with van der Waals surface area (Å²) in [4.78, 5) is 0. The van der Waals surface area contributed by atoms with Crippen LogP contribution >= 0.6 is 0 Å². The molecule has 9 aromatic carbocycles. The lowest BCUT2D eigenvalue weighted by Gasteiger charge is -2.11. The molecular weight excluding hydrogens is 711 g/mol. The lowest BCUT2D eigenvalue weighted by molar-refractivity contribution is 0.668. The molecule has 0 aliphatic rings. The molecule has 0 bridgehead atoms. The van der Waals surface area contributed by atoms with Gasteiger partial charge in [0.25, 0.3) is 0 Å². The number of hydrogen-bond donors (Lipinski definition) is 0. The van der Waals surface area contributed by atoms with E-state index in [1.165, 1.54) is 10.8 Å². The Morgan fingerprint density at radius 2 is 0.793 bits per heavy atom. The second-order valence-electron chi connectivity index (χ2n) is 15.2. The van der Waals surface area contributed by atoms with Gasteiger partial charge in [-0.1, -0.05) is 103 Å². The van der Waals surface area contributed by atoms with Gasteiger partial charge in [-0.25, -0.2) is 0 Å². The topological polar surface area (TPSA) is 44.4 Å². The minimum Gasteiger partial charge on any atom is -0.456 e. The van der Waals surface area contributed by atoms with E-state index in [2.05, 4.69) is 168 Å². The average molecular weight is 742 g/mol. The van der Waals surface area contributed by atoms with Gasteiger partial charge in [0.15, 0.2) is 0 Å². The Bertz CT molecular complexity index is 3800. The molecule has 0 N–H and O–H groups in total. The highest BCUT2D eigenvalue weighted by molar-refractivity contribution is 6.20. The van der Waals surface area contributed by atoms with Crippen LogP contribution in [0.25, 0.3) is 127 Å². The molecule has 13 aromatic rings. The number of hydrogen-bond acceptors (Lipinski definition) is 3. The molecule has 0 aliphatic carbocycles. The van der Waals surface area contributed by atoms with E-state index in [1.807, 2.05) is 24.3 Å². The molecule has 0 fully saturated rings. The van der Waals surface area contributed by atoms with E-state index in [9.17, 15) is 0 Å². The van der Waals surface area contributed by atoms with Gasteiger partial charge in [-0.15, -0.1) is 0 Å². The number of nitrogens with zero attached hydrogens (tertiary/aromatic N) is 1. The first-order valence-electron chi connectivity index (χ1n) is 19.7. The molecule has 0 atom stereocenters. The molecule has 0 unspecified atom stereocenters. The van der Waals surface area contributed by atoms with Crippen LogP contribution in [0.15, 0.2) is 201 Å². The molecule has 0 aliphatic heterocycles. The quantitative estimate of drug-likeness (QED) is 0.180. The molecular formula is C54H31NO3. The van der Waals surface area contributed by atoms with Crippen molar-refractivity contribution in [3.05, 3.63) is 188 Å². The zero-order valence-electron chi connectivity index (χ0n) is 31.1. The molecule has 0 saturated heterocycles. The SMILES string of the molecule is c1ccc(-n2c3ccccc3c3c(-c4cc(-c5ccc6oc7ccccc7c6c5)cc5c4oc4ccc(-c6ccc7oc8ccccc8c7c6)cc45)cccc32)cc1. The third kappa shape index (κ3) is 4.51. The highest BCUT2D eigenvalue weighted by Gasteiger charge is 2.22. The molecule has 0 saturated carbocycles. The fourth-order valence-electron chi connectivity index (χ4n) is 9.33. The van der Waals surface area contributed by atoms with Crippen molar-refractivity contribution >= 4 is 87.6 Å². The van der Waals surface area contributed by atoms with Crippen LogP contribution in [0.2, 0.25) is 0 Å². The second kappa shape index (κ2) is 11.8. The number of aromatic nitrogens is 1. The molecule has 13 rings (SSSR count). The van der Waals surface area contributed by atoms with Crippen molar-refractivity contribution in [2.75, 3.05) is 0 Å². The molecule has 4 heterocycles. The largest absolute Gasteiger partial charge is 0.456 e. The summed E-state index contributed by atoms with van der Waals surface area (Å²) in [5.41, 5.74) is 15.4. The van der Waals surface area contributed by atoms with Crippen LogP contribution in [0.5, 0.6) is 0 Å². The Labute approximate surface area is 331 Å². The maximum absolute atomic E-state index is 6.97. The predicted molar refractivity (Wildman–Crippen MR) is 239 cm³/mol. The van der Waals surface area contributed by atoms with Gasteiger partial charge in [0, 0.05) is 54.3 Å². The summed E-state index contributed by atoms with van der Waals surface area (Å²) in [6.07, 6.45) is 0. The smallest absolute Gasteiger partial charge is 0.143 e. The summed E-state index contributed by atoms with van der Waals surface area (Å²) in [5, 5.41) is 8.97. The normalized spacial score (nSPS) is 12.1. The van der Waals surface area contributed by atoms with Crippen molar-refractivity contribution in [1.82, 2.24) is 4.57 Å². The highest BCUT2D eigenvalue weighted by Crippen LogP contribution is 2.46. The first-order chi connectivity index (χ1) is 28.7. The lowest BCUT2D eigenvalue weighted by Crippen LogP contribution is -1.93. The minimum atomic E-state index is 0.849. The van der Waals surface area contributed by atoms with E-state index < -0.39 is 0 Å². The van der Waals surface area contributed by atoms with Crippen LogP contribution < -0.4 is 0 Å². The zero-order valence-corrected chi connectivity index (χ0v) is 31.1. The number of rotatable bonds is 4. The Morgan fingerprint density at radius 1 is 0.293 bits per heavy atom. The van der Waals surface area contributed by atoms with Gasteiger partial charge >= 0.3 is 0 Å². The minimum absolute atomic E-state index is 0.849. The van der Waals surface area contributed by atoms with Crippen LogP contribution in [0.3, 0.4) is 0 Å². The summed E-state index contributed by atoms with van der Waals surface area (Å²) in [6, 6.07) is 66.7. The maximum Gasteiger partial charge on any atom is 0.143 e. The highest BCUT2D eigenvalue weighted by atomic mass is 16.3. The summed E-state index contributed by atoms with van der Waals surface area (Å²) in [7, 11) is 0. The molecule has 270 valence electrons. The fourth-order valence-corrected chi connectivity index (χ4v) is 9.33. The summed E-state index contributed by atoms with van der Waals surface area (Å²) in [5.74, 6) is 0. The van der Waals surface area contributed by atoms with E-state index in [-0.39, 0.29) is 0 Å². The number of para-hydroxylation sites is 4. The predicted octanol–water partition coefficient (Wildman–Crippen LogP) is 15.5. The lowest BCUT2D eigenvalue weighted by atomic mass is 9.92. The third-order valence-corrected chi connectivity index (χ3v) is 12.0. The molecule has 58 heavy (non-hydrogen) atoms. The van der Waals surface area contributed by atoms with Gasteiger partial charge in [-0.2, -0.15) is 0 Å². The van der Waals surface area contributed by atoms with Crippen molar-refractivity contribution in [2.45, 2.75) is 0 Å². The van der Waals surface area contributed by atoms with Crippen LogP contribution in [-0.2, 0) is 0 Å². The molecule has 4 heteroatoms. The van der Waals surface area contributed by atoms with Crippen molar-refractivity contribution in [3.8, 4) is 39.1 Å². The Morgan fingerprint density at radius 3 is 1.47 bits per heavy atom. The van der Waals surface area contributed by atoms with Crippen molar-refractivity contribution in [3.63, 3.8) is 0 Å². The van der Waals surface area contributed by atoms with Crippen LogP contribution in [0, 0.1) is 0 Å². The number of furan rings is 3. The van der Waals surface area contributed by atoms with Gasteiger partial charge in [0.2, 0.25) is 0 Å².